The van der Waals surface area contributed by atoms with Crippen molar-refractivity contribution in [1.29, 1.82) is 0 Å². The molecule has 2 rings (SSSR count). The van der Waals surface area contributed by atoms with Crippen LogP contribution in [0, 0.1) is 0 Å². The van der Waals surface area contributed by atoms with Gasteiger partial charge in [-0.05, 0) is 12.8 Å². The van der Waals surface area contributed by atoms with Gasteiger partial charge in [-0.1, -0.05) is 0 Å². The first-order valence-electron chi connectivity index (χ1n) is 4.39. The quantitative estimate of drug-likeness (QED) is 0.671. The van der Waals surface area contributed by atoms with E-state index in [4.69, 9.17) is 5.73 Å². The van der Waals surface area contributed by atoms with Crippen molar-refractivity contribution in [3.05, 3.63) is 11.9 Å². The summed E-state index contributed by atoms with van der Waals surface area (Å²) >= 11 is 0. The maximum atomic E-state index is 5.56. The maximum absolute atomic E-state index is 5.56. The van der Waals surface area contributed by atoms with Gasteiger partial charge in [-0.3, -0.25) is 5.10 Å². The fourth-order valence-corrected chi connectivity index (χ4v) is 1.69. The molecule has 4 heteroatoms. The van der Waals surface area contributed by atoms with E-state index in [9.17, 15) is 0 Å². The molecule has 1 fully saturated rings. The van der Waals surface area contributed by atoms with E-state index < -0.39 is 0 Å². The number of nitrogens with zero attached hydrogens (tertiary/aromatic N) is 2. The molecular formula is C8H14N4. The molecule has 12 heavy (non-hydrogen) atoms. The van der Waals surface area contributed by atoms with Gasteiger partial charge in [0, 0.05) is 19.6 Å². The number of nitrogens with two attached hydrogens (primary N) is 1. The van der Waals surface area contributed by atoms with Gasteiger partial charge < -0.3 is 10.6 Å². The zero-order chi connectivity index (χ0) is 8.39. The summed E-state index contributed by atoms with van der Waals surface area (Å²) in [4.78, 5) is 2.34. The van der Waals surface area contributed by atoms with Gasteiger partial charge in [-0.25, -0.2) is 0 Å². The Balaban J connectivity index is 2.19. The van der Waals surface area contributed by atoms with E-state index in [0.29, 0.717) is 6.54 Å². The molecule has 1 aliphatic heterocycles. The second-order valence-corrected chi connectivity index (χ2v) is 3.13. The zero-order valence-electron chi connectivity index (χ0n) is 7.08. The molecule has 3 N–H and O–H groups in total. The number of nitrogens with one attached hydrogen (secondary N) is 1. The monoisotopic (exact) mass is 166 g/mol. The van der Waals surface area contributed by atoms with E-state index in [2.05, 4.69) is 15.1 Å². The summed E-state index contributed by atoms with van der Waals surface area (Å²) in [6.07, 6.45) is 4.44. The summed E-state index contributed by atoms with van der Waals surface area (Å²) in [5.74, 6) is 0. The lowest BCUT2D eigenvalue weighted by atomic mass is 10.3. The maximum Gasteiger partial charge on any atom is 0.0795 e. The molecule has 1 aromatic rings. The van der Waals surface area contributed by atoms with E-state index in [1.807, 2.05) is 6.20 Å². The zero-order valence-corrected chi connectivity index (χ0v) is 7.08. The third kappa shape index (κ3) is 1.18. The molecule has 2 heterocycles. The predicted molar refractivity (Wildman–Crippen MR) is 47.9 cm³/mol. The fourth-order valence-electron chi connectivity index (χ4n) is 1.69. The highest BCUT2D eigenvalue weighted by Gasteiger charge is 2.15. The van der Waals surface area contributed by atoms with Crippen LogP contribution in [0.1, 0.15) is 18.5 Å². The molecule has 0 aliphatic carbocycles. The van der Waals surface area contributed by atoms with Crippen molar-refractivity contribution in [3.63, 3.8) is 0 Å². The number of aromatic nitrogens is 2. The average Bonchev–Trinajstić information content (AvgIpc) is 2.74. The highest BCUT2D eigenvalue weighted by molar-refractivity contribution is 5.49. The van der Waals surface area contributed by atoms with Crippen LogP contribution in [0.25, 0.3) is 0 Å². The first-order valence-corrected chi connectivity index (χ1v) is 4.39. The molecule has 4 nitrogen and oxygen atoms in total. The molecule has 0 radical (unpaired) electrons. The van der Waals surface area contributed by atoms with Crippen LogP contribution in [-0.4, -0.2) is 23.3 Å². The van der Waals surface area contributed by atoms with E-state index >= 15 is 0 Å². The van der Waals surface area contributed by atoms with Gasteiger partial charge in [-0.15, -0.1) is 0 Å². The summed E-state index contributed by atoms with van der Waals surface area (Å²) in [6.45, 7) is 2.84. The molecule has 1 aliphatic rings. The van der Waals surface area contributed by atoms with E-state index in [0.717, 1.165) is 18.8 Å². The van der Waals surface area contributed by atoms with Gasteiger partial charge >= 0.3 is 0 Å². The molecule has 0 unspecified atom stereocenters. The van der Waals surface area contributed by atoms with Crippen molar-refractivity contribution in [2.75, 3.05) is 18.0 Å². The molecule has 0 saturated carbocycles. The lowest BCUT2D eigenvalue weighted by molar-refractivity contribution is 0.915. The van der Waals surface area contributed by atoms with Crippen molar-refractivity contribution in [3.8, 4) is 0 Å². The summed E-state index contributed by atoms with van der Waals surface area (Å²) in [5, 5.41) is 6.91. The molecule has 0 aromatic carbocycles. The molecule has 0 spiro atoms. The van der Waals surface area contributed by atoms with Crippen LogP contribution in [0.4, 0.5) is 5.69 Å². The number of H-pyrrole nitrogens is 1. The highest BCUT2D eigenvalue weighted by atomic mass is 15.2. The van der Waals surface area contributed by atoms with Crippen molar-refractivity contribution in [2.45, 2.75) is 19.4 Å². The lowest BCUT2D eigenvalue weighted by Gasteiger charge is -2.16. The van der Waals surface area contributed by atoms with Crippen molar-refractivity contribution < 1.29 is 0 Å². The van der Waals surface area contributed by atoms with E-state index in [1.165, 1.54) is 18.5 Å². The van der Waals surface area contributed by atoms with Crippen LogP contribution in [-0.2, 0) is 6.54 Å². The molecule has 1 aromatic heterocycles. The molecule has 0 bridgehead atoms. The Bertz CT molecular complexity index is 249. The second-order valence-electron chi connectivity index (χ2n) is 3.13. The van der Waals surface area contributed by atoms with Crippen molar-refractivity contribution >= 4 is 5.69 Å². The van der Waals surface area contributed by atoms with Crippen LogP contribution in [0.3, 0.4) is 0 Å². The number of anilines is 1. The van der Waals surface area contributed by atoms with Gasteiger partial charge in [0.05, 0.1) is 17.6 Å². The smallest absolute Gasteiger partial charge is 0.0795 e. The van der Waals surface area contributed by atoms with Gasteiger partial charge in [-0.2, -0.15) is 5.10 Å². The summed E-state index contributed by atoms with van der Waals surface area (Å²) in [6, 6.07) is 0. The Kier molecular flexibility index (Phi) is 1.99. The molecular weight excluding hydrogens is 152 g/mol. The lowest BCUT2D eigenvalue weighted by Crippen LogP contribution is -2.19. The fraction of sp³-hybridized carbons (Fsp3) is 0.625. The van der Waals surface area contributed by atoms with Gasteiger partial charge in [0.1, 0.15) is 0 Å². The Morgan fingerprint density at radius 2 is 2.25 bits per heavy atom. The number of hydrogen-bond donors (Lipinski definition) is 2. The molecule has 0 atom stereocenters. The minimum absolute atomic E-state index is 0.547. The highest BCUT2D eigenvalue weighted by Crippen LogP contribution is 2.21. The predicted octanol–water partition coefficient (Wildman–Crippen LogP) is 0.469. The Hall–Kier alpha value is -1.03. The third-order valence-corrected chi connectivity index (χ3v) is 2.35. The number of aromatic amines is 1. The van der Waals surface area contributed by atoms with E-state index in [1.54, 1.807) is 0 Å². The topological polar surface area (TPSA) is 57.9 Å². The number of rotatable bonds is 2. The standard InChI is InChI=1S/C8H14N4/c9-5-7-8(6-10-11-7)12-3-1-2-4-12/h6H,1-5,9H2,(H,10,11). The summed E-state index contributed by atoms with van der Waals surface area (Å²) in [7, 11) is 0. The normalized spacial score (nSPS) is 17.2. The van der Waals surface area contributed by atoms with Crippen molar-refractivity contribution in [2.24, 2.45) is 5.73 Å². The van der Waals surface area contributed by atoms with Crippen LogP contribution < -0.4 is 10.6 Å². The van der Waals surface area contributed by atoms with Crippen LogP contribution >= 0.6 is 0 Å². The third-order valence-electron chi connectivity index (χ3n) is 2.35. The van der Waals surface area contributed by atoms with E-state index in [-0.39, 0.29) is 0 Å². The number of hydrogen-bond acceptors (Lipinski definition) is 3. The largest absolute Gasteiger partial charge is 0.369 e. The minimum atomic E-state index is 0.547. The van der Waals surface area contributed by atoms with Gasteiger partial charge in [0.25, 0.3) is 0 Å². The molecule has 66 valence electrons. The Labute approximate surface area is 71.7 Å². The summed E-state index contributed by atoms with van der Waals surface area (Å²) in [5.41, 5.74) is 7.81. The minimum Gasteiger partial charge on any atom is -0.369 e. The first kappa shape index (κ1) is 7.61. The molecule has 0 amide bonds. The van der Waals surface area contributed by atoms with Crippen molar-refractivity contribution in [1.82, 2.24) is 10.2 Å². The van der Waals surface area contributed by atoms with Crippen LogP contribution in [0.15, 0.2) is 6.20 Å². The van der Waals surface area contributed by atoms with Gasteiger partial charge in [0.15, 0.2) is 0 Å². The average molecular weight is 166 g/mol. The first-order chi connectivity index (χ1) is 5.92. The Morgan fingerprint density at radius 1 is 1.50 bits per heavy atom. The summed E-state index contributed by atoms with van der Waals surface area (Å²) < 4.78 is 0. The van der Waals surface area contributed by atoms with Crippen LogP contribution in [0.2, 0.25) is 0 Å². The van der Waals surface area contributed by atoms with Gasteiger partial charge in [0.2, 0.25) is 0 Å². The second kappa shape index (κ2) is 3.15. The SMILES string of the molecule is NCc1[nH]ncc1N1CCCC1. The molecule has 1 saturated heterocycles. The Morgan fingerprint density at radius 3 is 2.92 bits per heavy atom. The van der Waals surface area contributed by atoms with Crippen LogP contribution in [0.5, 0.6) is 0 Å².